The van der Waals surface area contributed by atoms with E-state index >= 15 is 0 Å². The smallest absolute Gasteiger partial charge is 0.326 e. The van der Waals surface area contributed by atoms with Gasteiger partial charge in [0.2, 0.25) is 17.7 Å². The highest BCUT2D eigenvalue weighted by molar-refractivity contribution is 5.95. The van der Waals surface area contributed by atoms with Crippen LogP contribution in [0.15, 0.2) is 85.2 Å². The lowest BCUT2D eigenvalue weighted by Crippen LogP contribution is -2.57. The van der Waals surface area contributed by atoms with E-state index in [1.807, 2.05) is 48.5 Å². The van der Waals surface area contributed by atoms with E-state index in [9.17, 15) is 29.4 Å². The number of nitrogens with one attached hydrogen (secondary N) is 5. The lowest BCUT2D eigenvalue weighted by molar-refractivity contribution is -0.142. The first-order valence-corrected chi connectivity index (χ1v) is 14.4. The first kappa shape index (κ1) is 30.8. The molecule has 0 spiro atoms. The maximum Gasteiger partial charge on any atom is 0.326 e. The quantitative estimate of drug-likeness (QED) is 0.0994. The maximum atomic E-state index is 13.7. The molecule has 0 saturated heterocycles. The van der Waals surface area contributed by atoms with Gasteiger partial charge in [0.25, 0.3) is 0 Å². The molecule has 12 nitrogen and oxygen atoms in total. The number of rotatable bonds is 13. The molecule has 9 N–H and O–H groups in total. The topological polar surface area (TPSA) is 202 Å². The highest BCUT2D eigenvalue weighted by atomic mass is 16.4. The molecule has 5 aromatic rings. The zero-order valence-electron chi connectivity index (χ0n) is 24.2. The summed E-state index contributed by atoms with van der Waals surface area (Å²) in [7, 11) is 0. The monoisotopic (exact) mass is 610 g/mol. The molecule has 45 heavy (non-hydrogen) atoms. The number of amides is 3. The summed E-state index contributed by atoms with van der Waals surface area (Å²) in [5.74, 6) is -3.14. The summed E-state index contributed by atoms with van der Waals surface area (Å²) < 4.78 is 0. The maximum absolute atomic E-state index is 13.7. The third-order valence-corrected chi connectivity index (χ3v) is 7.66. The number of fused-ring (bicyclic) bond motifs is 2. The lowest BCUT2D eigenvalue weighted by atomic mass is 10.0. The summed E-state index contributed by atoms with van der Waals surface area (Å²) in [6.45, 7) is -0.344. The van der Waals surface area contributed by atoms with Gasteiger partial charge in [-0.3, -0.25) is 14.4 Å². The van der Waals surface area contributed by atoms with Crippen LogP contribution in [0.1, 0.15) is 16.7 Å². The summed E-state index contributed by atoms with van der Waals surface area (Å²) in [6, 6.07) is 17.4. The van der Waals surface area contributed by atoms with Crippen LogP contribution in [0, 0.1) is 0 Å². The molecular formula is C33H34N6O6. The van der Waals surface area contributed by atoms with E-state index in [1.165, 1.54) is 12.1 Å². The molecule has 12 heteroatoms. The number of aliphatic carboxylic acids is 1. The average molecular weight is 611 g/mol. The van der Waals surface area contributed by atoms with Crippen molar-refractivity contribution in [1.29, 1.82) is 0 Å². The van der Waals surface area contributed by atoms with Gasteiger partial charge in [0, 0.05) is 53.5 Å². The van der Waals surface area contributed by atoms with Crippen LogP contribution < -0.4 is 21.7 Å². The Bertz CT molecular complexity index is 1830. The second-order valence-corrected chi connectivity index (χ2v) is 10.8. The van der Waals surface area contributed by atoms with E-state index in [1.54, 1.807) is 24.5 Å². The number of aromatic hydroxyl groups is 1. The van der Waals surface area contributed by atoms with Crippen LogP contribution in [0.25, 0.3) is 21.8 Å². The van der Waals surface area contributed by atoms with Gasteiger partial charge in [-0.15, -0.1) is 0 Å². The van der Waals surface area contributed by atoms with Crippen molar-refractivity contribution < 1.29 is 29.4 Å². The third kappa shape index (κ3) is 7.48. The molecule has 0 fully saturated rings. The Morgan fingerprint density at radius 3 is 1.69 bits per heavy atom. The van der Waals surface area contributed by atoms with Gasteiger partial charge in [-0.1, -0.05) is 48.5 Å². The Morgan fingerprint density at radius 1 is 0.667 bits per heavy atom. The molecule has 3 aromatic carbocycles. The average Bonchev–Trinajstić information content (AvgIpc) is 3.64. The molecule has 3 amide bonds. The van der Waals surface area contributed by atoms with E-state index < -0.39 is 41.8 Å². The van der Waals surface area contributed by atoms with E-state index in [-0.39, 0.29) is 31.6 Å². The lowest BCUT2D eigenvalue weighted by Gasteiger charge is -2.25. The van der Waals surface area contributed by atoms with Gasteiger partial charge in [0.1, 0.15) is 23.9 Å². The van der Waals surface area contributed by atoms with Gasteiger partial charge >= 0.3 is 5.97 Å². The second kappa shape index (κ2) is 13.8. The minimum atomic E-state index is -1.30. The molecule has 3 unspecified atom stereocenters. The molecular weight excluding hydrogens is 576 g/mol. The summed E-state index contributed by atoms with van der Waals surface area (Å²) in [6.07, 6.45) is 3.55. The summed E-state index contributed by atoms with van der Waals surface area (Å²) in [5, 5.41) is 29.4. The van der Waals surface area contributed by atoms with Gasteiger partial charge < -0.3 is 41.9 Å². The fraction of sp³-hybridized carbons (Fsp3) is 0.212. The number of benzene rings is 3. The molecule has 5 rings (SSSR count). The number of phenolic OH excluding ortho intramolecular Hbond substituents is 1. The predicted molar refractivity (Wildman–Crippen MR) is 168 cm³/mol. The summed E-state index contributed by atoms with van der Waals surface area (Å²) >= 11 is 0. The fourth-order valence-electron chi connectivity index (χ4n) is 5.33. The van der Waals surface area contributed by atoms with Gasteiger partial charge in [0.15, 0.2) is 0 Å². The highest BCUT2D eigenvalue weighted by Gasteiger charge is 2.31. The normalized spacial score (nSPS) is 13.2. The minimum absolute atomic E-state index is 0.000703. The fourth-order valence-corrected chi connectivity index (χ4v) is 5.33. The Balaban J connectivity index is 1.39. The number of aromatic amines is 2. The van der Waals surface area contributed by atoms with Gasteiger partial charge in [-0.05, 0) is 41.0 Å². The van der Waals surface area contributed by atoms with Crippen molar-refractivity contribution in [1.82, 2.24) is 25.9 Å². The molecule has 2 aromatic heterocycles. The Kier molecular flexibility index (Phi) is 9.44. The Hall–Kier alpha value is -5.62. The number of phenols is 1. The number of H-pyrrole nitrogens is 2. The predicted octanol–water partition coefficient (Wildman–Crippen LogP) is 1.88. The van der Waals surface area contributed by atoms with Crippen molar-refractivity contribution in [2.75, 3.05) is 6.54 Å². The number of hydrogen-bond donors (Lipinski definition) is 8. The zero-order valence-corrected chi connectivity index (χ0v) is 24.2. The number of carbonyl (C=O) groups excluding carboxylic acids is 3. The van der Waals surface area contributed by atoms with E-state index in [0.29, 0.717) is 11.1 Å². The van der Waals surface area contributed by atoms with Gasteiger partial charge in [-0.2, -0.15) is 0 Å². The van der Waals surface area contributed by atoms with Crippen LogP contribution in [0.2, 0.25) is 0 Å². The molecule has 232 valence electrons. The van der Waals surface area contributed by atoms with Crippen molar-refractivity contribution >= 4 is 45.5 Å². The SMILES string of the molecule is NCC(=O)NC(Cc1c[nH]c2ccccc12)C(=O)NC(Cc1ccc(O)cc1)C(=O)NC(Cc1c[nH]c2ccccc12)C(=O)O. The van der Waals surface area contributed by atoms with Crippen LogP contribution in [-0.4, -0.2) is 68.5 Å². The van der Waals surface area contributed by atoms with Crippen LogP contribution in [-0.2, 0) is 38.4 Å². The van der Waals surface area contributed by atoms with Crippen molar-refractivity contribution in [2.45, 2.75) is 37.4 Å². The number of carbonyl (C=O) groups is 4. The van der Waals surface area contributed by atoms with E-state index in [4.69, 9.17) is 5.73 Å². The Labute approximate surface area is 258 Å². The highest BCUT2D eigenvalue weighted by Crippen LogP contribution is 2.21. The first-order chi connectivity index (χ1) is 21.7. The zero-order chi connectivity index (χ0) is 31.9. The van der Waals surface area contributed by atoms with Gasteiger partial charge in [-0.25, -0.2) is 4.79 Å². The first-order valence-electron chi connectivity index (χ1n) is 14.4. The van der Waals surface area contributed by atoms with Crippen molar-refractivity contribution in [2.24, 2.45) is 5.73 Å². The molecule has 3 atom stereocenters. The number of nitrogens with two attached hydrogens (primary N) is 1. The largest absolute Gasteiger partial charge is 0.508 e. The third-order valence-electron chi connectivity index (χ3n) is 7.66. The van der Waals surface area contributed by atoms with Crippen LogP contribution in [0.4, 0.5) is 0 Å². The van der Waals surface area contributed by atoms with E-state index in [0.717, 1.165) is 27.4 Å². The molecule has 0 bridgehead atoms. The number of carboxylic acid groups (broad SMARTS) is 1. The molecule has 0 aliphatic heterocycles. The summed E-state index contributed by atoms with van der Waals surface area (Å²) in [4.78, 5) is 58.3. The van der Waals surface area contributed by atoms with E-state index in [2.05, 4.69) is 25.9 Å². The summed E-state index contributed by atoms with van der Waals surface area (Å²) in [5.41, 5.74) is 9.31. The molecule has 2 heterocycles. The minimum Gasteiger partial charge on any atom is -0.508 e. The van der Waals surface area contributed by atoms with Crippen molar-refractivity contribution in [3.05, 3.63) is 102 Å². The number of aromatic nitrogens is 2. The number of para-hydroxylation sites is 2. The second-order valence-electron chi connectivity index (χ2n) is 10.8. The number of hydrogen-bond acceptors (Lipinski definition) is 6. The van der Waals surface area contributed by atoms with Crippen molar-refractivity contribution in [3.63, 3.8) is 0 Å². The molecule has 0 radical (unpaired) electrons. The number of carboxylic acids is 1. The molecule has 0 saturated carbocycles. The molecule has 0 aliphatic carbocycles. The molecule has 0 aliphatic rings. The standard InChI is InChI=1S/C33H34N6O6/c34-16-30(41)37-28(14-20-17-35-25-7-3-1-5-23(20)25)32(43)38-27(13-19-9-11-22(40)12-10-19)31(42)39-29(33(44)45)15-21-18-36-26-8-4-2-6-24(21)26/h1-12,17-18,27-29,35-36,40H,13-16,34H2,(H,37,41)(H,38,43)(H,39,42)(H,44,45). The van der Waals surface area contributed by atoms with Gasteiger partial charge in [0.05, 0.1) is 6.54 Å². The van der Waals surface area contributed by atoms with Crippen molar-refractivity contribution in [3.8, 4) is 5.75 Å². The van der Waals surface area contributed by atoms with Crippen LogP contribution in [0.3, 0.4) is 0 Å². The van der Waals surface area contributed by atoms with Crippen LogP contribution in [0.5, 0.6) is 5.75 Å². The Morgan fingerprint density at radius 2 is 1.16 bits per heavy atom. The van der Waals surface area contributed by atoms with Crippen LogP contribution >= 0.6 is 0 Å².